The SMILES string of the molecule is Cl.Cl.O=S. The summed E-state index contributed by atoms with van der Waals surface area (Å²) in [5.41, 5.74) is 0. The summed E-state index contributed by atoms with van der Waals surface area (Å²) in [4.78, 5) is 0. The molecule has 0 aromatic rings. The molecule has 0 aliphatic heterocycles. The fraction of sp³-hybridized carbons (Fsp3) is 0. The van der Waals surface area contributed by atoms with Crippen LogP contribution in [-0.2, 0) is 12.5 Å². The number of hydrogen-bond acceptors (Lipinski definition) is 2. The zero-order valence-corrected chi connectivity index (χ0v) is 4.08. The van der Waals surface area contributed by atoms with Crippen molar-refractivity contribution in [1.82, 2.24) is 0 Å². The number of hydrogen-bond donors (Lipinski definition) is 0. The van der Waals surface area contributed by atoms with Gasteiger partial charge in [-0.3, -0.25) is 0 Å². The largest absolute Gasteiger partial charge is 0.197 e. The van der Waals surface area contributed by atoms with Crippen molar-refractivity contribution < 1.29 is 4.21 Å². The van der Waals surface area contributed by atoms with Crippen LogP contribution in [0.25, 0.3) is 0 Å². The standard InChI is InChI=1S/2ClH.OS/c;;1-2/h2*1H;. The van der Waals surface area contributed by atoms with Crippen molar-refractivity contribution >= 4 is 37.3 Å². The summed E-state index contributed by atoms with van der Waals surface area (Å²) in [6, 6.07) is 0. The topological polar surface area (TPSA) is 17.1 Å². The van der Waals surface area contributed by atoms with Gasteiger partial charge in [-0.25, -0.2) is 0 Å². The molecule has 0 aliphatic carbocycles. The van der Waals surface area contributed by atoms with E-state index in [0.29, 0.717) is 0 Å². The van der Waals surface area contributed by atoms with Crippen LogP contribution >= 0.6 is 24.8 Å². The van der Waals surface area contributed by atoms with Crippen molar-refractivity contribution in [3.63, 3.8) is 0 Å². The van der Waals surface area contributed by atoms with Gasteiger partial charge in [0.15, 0.2) is 12.5 Å². The van der Waals surface area contributed by atoms with Gasteiger partial charge in [-0.2, -0.15) is 4.21 Å². The maximum Gasteiger partial charge on any atom is 0.197 e. The van der Waals surface area contributed by atoms with Gasteiger partial charge in [0.25, 0.3) is 0 Å². The fourth-order valence-electron chi connectivity index (χ4n) is 0. The first kappa shape index (κ1) is 23.3. The molecule has 4 heavy (non-hydrogen) atoms. The molecule has 0 heterocycles. The van der Waals surface area contributed by atoms with E-state index in [0.717, 1.165) is 0 Å². The van der Waals surface area contributed by atoms with Gasteiger partial charge in [0, 0.05) is 0 Å². The Labute approximate surface area is 42.1 Å². The van der Waals surface area contributed by atoms with Crippen LogP contribution in [0.1, 0.15) is 0 Å². The third-order valence-corrected chi connectivity index (χ3v) is 0. The van der Waals surface area contributed by atoms with E-state index in [1.807, 2.05) is 0 Å². The summed E-state index contributed by atoms with van der Waals surface area (Å²) in [7, 11) is 0. The van der Waals surface area contributed by atoms with Gasteiger partial charge in [0.1, 0.15) is 0 Å². The van der Waals surface area contributed by atoms with E-state index in [2.05, 4.69) is 12.5 Å². The molecule has 0 amide bonds. The van der Waals surface area contributed by atoms with Gasteiger partial charge in [-0.05, 0) is 0 Å². The van der Waals surface area contributed by atoms with Crippen molar-refractivity contribution in [3.8, 4) is 0 Å². The normalized spacial score (nSPS) is 1.00. The maximum absolute atomic E-state index is 7.83. The molecule has 0 bridgehead atoms. The molecule has 0 spiro atoms. The van der Waals surface area contributed by atoms with Crippen LogP contribution in [0.2, 0.25) is 0 Å². The molecule has 0 saturated heterocycles. The lowest BCUT2D eigenvalue weighted by atomic mass is 16.0. The van der Waals surface area contributed by atoms with Crippen LogP contribution in [-0.4, -0.2) is 4.21 Å². The molecule has 1 nitrogen and oxygen atoms in total. The molecular formula is H2Cl2OS. The van der Waals surface area contributed by atoms with Gasteiger partial charge < -0.3 is 0 Å². The summed E-state index contributed by atoms with van der Waals surface area (Å²) in [6.07, 6.45) is 0. The molecule has 0 radical (unpaired) electrons. The Balaban J connectivity index is -0.00000000500. The zero-order chi connectivity index (χ0) is 2.00. The highest BCUT2D eigenvalue weighted by Crippen LogP contribution is 0.691. The van der Waals surface area contributed by atoms with Crippen molar-refractivity contribution in [3.05, 3.63) is 0 Å². The Morgan fingerprint density at radius 1 is 1.00 bits per heavy atom. The average molecular weight is 121 g/mol. The summed E-state index contributed by atoms with van der Waals surface area (Å²) in [5, 5.41) is 0. The van der Waals surface area contributed by atoms with E-state index in [1.165, 1.54) is 0 Å². The maximum atomic E-state index is 7.83. The second-order valence-corrected chi connectivity index (χ2v) is 0. The van der Waals surface area contributed by atoms with Gasteiger partial charge in [-0.15, -0.1) is 24.8 Å². The van der Waals surface area contributed by atoms with Gasteiger partial charge in [0.05, 0.1) is 0 Å². The Hall–Kier alpha value is 0.600. The van der Waals surface area contributed by atoms with Crippen LogP contribution in [0.3, 0.4) is 0 Å². The molecule has 0 unspecified atom stereocenters. The molecule has 28 valence electrons. The quantitative estimate of drug-likeness (QED) is 0.464. The second kappa shape index (κ2) is 67.6. The summed E-state index contributed by atoms with van der Waals surface area (Å²) < 4.78 is 7.83. The van der Waals surface area contributed by atoms with Crippen LogP contribution in [0.5, 0.6) is 0 Å². The van der Waals surface area contributed by atoms with Crippen molar-refractivity contribution in [2.45, 2.75) is 0 Å². The molecule has 0 N–H and O–H groups in total. The Bertz CT molecular complexity index is 6.00. The first-order valence-electron chi connectivity index (χ1n) is 0.167. The monoisotopic (exact) mass is 120 g/mol. The smallest absolute Gasteiger partial charge is 0.197 e. The van der Waals surface area contributed by atoms with Crippen LogP contribution in [0.15, 0.2) is 0 Å². The predicted octanol–water partition coefficient (Wildman–Crippen LogP) is 0.507. The van der Waals surface area contributed by atoms with E-state index >= 15 is 0 Å². The third-order valence-electron chi connectivity index (χ3n) is 0. The number of halogens is 2. The third kappa shape index (κ3) is 18.5. The highest BCUT2D eigenvalue weighted by molar-refractivity contribution is 7.44. The molecule has 0 fully saturated rings. The Morgan fingerprint density at radius 3 is 1.00 bits per heavy atom. The van der Waals surface area contributed by atoms with E-state index in [9.17, 15) is 0 Å². The molecule has 0 rings (SSSR count). The van der Waals surface area contributed by atoms with Crippen molar-refractivity contribution in [2.24, 2.45) is 0 Å². The van der Waals surface area contributed by atoms with Crippen LogP contribution in [0.4, 0.5) is 0 Å². The van der Waals surface area contributed by atoms with E-state index in [-0.39, 0.29) is 24.8 Å². The molecule has 0 saturated carbocycles. The molecule has 0 aliphatic rings. The number of rotatable bonds is 0. The minimum Gasteiger partial charge on any atom is -0.197 e. The van der Waals surface area contributed by atoms with Gasteiger partial charge in [-0.1, -0.05) is 0 Å². The molecule has 0 aromatic carbocycles. The average Bonchev–Trinajstić information content (AvgIpc) is 1.00. The van der Waals surface area contributed by atoms with E-state index in [1.54, 1.807) is 0 Å². The minimum atomic E-state index is 0. The molecule has 0 aromatic heterocycles. The van der Waals surface area contributed by atoms with Crippen molar-refractivity contribution in [2.75, 3.05) is 0 Å². The minimum absolute atomic E-state index is 0. The highest BCUT2D eigenvalue weighted by atomic mass is 35.5. The van der Waals surface area contributed by atoms with E-state index in [4.69, 9.17) is 4.21 Å². The molecular weight excluding hydrogens is 119 g/mol. The van der Waals surface area contributed by atoms with Crippen LogP contribution in [0, 0.1) is 0 Å². The molecule has 0 atom stereocenters. The Morgan fingerprint density at radius 2 is 1.00 bits per heavy atom. The second-order valence-electron chi connectivity index (χ2n) is 0. The lowest BCUT2D eigenvalue weighted by Crippen LogP contribution is -0.894. The lowest BCUT2D eigenvalue weighted by Gasteiger charge is -0.734. The van der Waals surface area contributed by atoms with Gasteiger partial charge in [0.2, 0.25) is 0 Å². The van der Waals surface area contributed by atoms with Crippen LogP contribution < -0.4 is 0 Å². The summed E-state index contributed by atoms with van der Waals surface area (Å²) in [6.45, 7) is 0. The zero-order valence-electron chi connectivity index (χ0n) is 1.63. The fourth-order valence-corrected chi connectivity index (χ4v) is 0. The first-order chi connectivity index (χ1) is 1.00. The summed E-state index contributed by atoms with van der Waals surface area (Å²) >= 11 is 2.83. The summed E-state index contributed by atoms with van der Waals surface area (Å²) in [5.74, 6) is 0. The van der Waals surface area contributed by atoms with Gasteiger partial charge >= 0.3 is 0 Å². The first-order valence-corrected chi connectivity index (χ1v) is 0.500. The predicted molar refractivity (Wildman–Crippen MR) is 22.6 cm³/mol. The Kier molecular flexibility index (Phi) is 394. The molecule has 4 heteroatoms. The lowest BCUT2D eigenvalue weighted by molar-refractivity contribution is 0.702. The van der Waals surface area contributed by atoms with E-state index < -0.39 is 0 Å². The van der Waals surface area contributed by atoms with Crippen molar-refractivity contribution in [1.29, 1.82) is 0 Å². The highest BCUT2D eigenvalue weighted by Gasteiger charge is 0.734.